The summed E-state index contributed by atoms with van der Waals surface area (Å²) in [7, 11) is 0. The third-order valence-electron chi connectivity index (χ3n) is 5.82. The summed E-state index contributed by atoms with van der Waals surface area (Å²) in [5, 5.41) is 12.2. The van der Waals surface area contributed by atoms with E-state index in [0.29, 0.717) is 11.1 Å². The number of halogens is 8. The second kappa shape index (κ2) is 11.0. The topological polar surface area (TPSA) is 70.3 Å². The first-order valence-electron chi connectivity index (χ1n) is 11.7. The zero-order valence-corrected chi connectivity index (χ0v) is 23.2. The summed E-state index contributed by atoms with van der Waals surface area (Å²) in [5.41, 5.74) is -3.75. The van der Waals surface area contributed by atoms with Gasteiger partial charge < -0.3 is 0 Å². The van der Waals surface area contributed by atoms with Crippen LogP contribution in [0.3, 0.4) is 0 Å². The van der Waals surface area contributed by atoms with Crippen molar-refractivity contribution in [3.05, 3.63) is 75.9 Å². The standard InChI is InChI=1S/C26H19ClF7N5OS/c1-11-16(28)18(30)21(19(31)17(11)29)39-24(40)20(22(38-39)25(2,3)4)37-36-13-5-7-14(8-6-13)41-23-15(27)9-12(10-35-23)26(32,33)34/h5-10,20H,1-4H3. The van der Waals surface area contributed by atoms with Gasteiger partial charge in [-0.3, -0.25) is 4.79 Å². The number of azo groups is 1. The molecule has 1 aliphatic rings. The van der Waals surface area contributed by atoms with Gasteiger partial charge in [0.2, 0.25) is 0 Å². The molecule has 1 unspecified atom stereocenters. The number of alkyl halides is 3. The summed E-state index contributed by atoms with van der Waals surface area (Å²) < 4.78 is 96.2. The highest BCUT2D eigenvalue weighted by Gasteiger charge is 2.45. The summed E-state index contributed by atoms with van der Waals surface area (Å²) in [6, 6.07) is 5.40. The molecular formula is C26H19ClF7N5OS. The van der Waals surface area contributed by atoms with Gasteiger partial charge in [0.1, 0.15) is 10.7 Å². The maximum Gasteiger partial charge on any atom is 0.417 e. The van der Waals surface area contributed by atoms with Crippen LogP contribution in [0.25, 0.3) is 0 Å². The normalized spacial score (nSPS) is 16.2. The molecule has 15 heteroatoms. The zero-order valence-electron chi connectivity index (χ0n) is 21.6. The molecule has 0 aliphatic carbocycles. The van der Waals surface area contributed by atoms with Crippen molar-refractivity contribution in [3.8, 4) is 0 Å². The summed E-state index contributed by atoms with van der Waals surface area (Å²) in [6.45, 7) is 5.81. The smallest absolute Gasteiger partial charge is 0.269 e. The van der Waals surface area contributed by atoms with E-state index < -0.39 is 63.6 Å². The van der Waals surface area contributed by atoms with Crippen molar-refractivity contribution in [1.29, 1.82) is 0 Å². The lowest BCUT2D eigenvalue weighted by molar-refractivity contribution is -0.137. The number of carbonyl (C=O) groups excluding carboxylic acids is 1. The summed E-state index contributed by atoms with van der Waals surface area (Å²) >= 11 is 6.95. The van der Waals surface area contributed by atoms with Gasteiger partial charge in [0.05, 0.1) is 22.0 Å². The minimum atomic E-state index is -4.59. The number of hydrazone groups is 1. The van der Waals surface area contributed by atoms with Crippen LogP contribution in [-0.4, -0.2) is 22.6 Å². The number of amides is 1. The van der Waals surface area contributed by atoms with E-state index in [0.717, 1.165) is 24.8 Å². The molecule has 0 fully saturated rings. The number of pyridine rings is 1. The van der Waals surface area contributed by atoms with E-state index in [1.807, 2.05) is 0 Å². The van der Waals surface area contributed by atoms with Crippen molar-refractivity contribution in [1.82, 2.24) is 4.98 Å². The molecule has 1 amide bonds. The predicted molar refractivity (Wildman–Crippen MR) is 139 cm³/mol. The summed E-state index contributed by atoms with van der Waals surface area (Å²) in [5.74, 6) is -7.94. The van der Waals surface area contributed by atoms with E-state index in [4.69, 9.17) is 11.6 Å². The first-order chi connectivity index (χ1) is 19.0. The number of hydrogen-bond donors (Lipinski definition) is 0. The van der Waals surface area contributed by atoms with E-state index in [1.54, 1.807) is 32.9 Å². The Morgan fingerprint density at radius 1 is 0.976 bits per heavy atom. The van der Waals surface area contributed by atoms with Crippen LogP contribution in [0.1, 0.15) is 31.9 Å². The third-order valence-corrected chi connectivity index (χ3v) is 7.25. The van der Waals surface area contributed by atoms with Gasteiger partial charge in [0, 0.05) is 22.1 Å². The van der Waals surface area contributed by atoms with Crippen LogP contribution in [0.2, 0.25) is 5.02 Å². The van der Waals surface area contributed by atoms with Gasteiger partial charge in [-0.15, -0.1) is 0 Å². The van der Waals surface area contributed by atoms with Gasteiger partial charge in [-0.05, 0) is 37.3 Å². The Labute approximate surface area is 238 Å². The molecule has 1 aromatic heterocycles. The van der Waals surface area contributed by atoms with Crippen LogP contribution < -0.4 is 5.01 Å². The predicted octanol–water partition coefficient (Wildman–Crippen LogP) is 8.67. The van der Waals surface area contributed by atoms with Crippen LogP contribution in [0.5, 0.6) is 0 Å². The van der Waals surface area contributed by atoms with Gasteiger partial charge in [0.25, 0.3) is 5.91 Å². The molecule has 1 atom stereocenters. The number of rotatable bonds is 5. The molecule has 0 saturated carbocycles. The Kier molecular flexibility index (Phi) is 8.20. The average Bonchev–Trinajstić information content (AvgIpc) is 3.22. The Morgan fingerprint density at radius 3 is 2.07 bits per heavy atom. The SMILES string of the molecule is Cc1c(F)c(F)c(N2N=C(C(C)(C)C)C(N=Nc3ccc(Sc4ncc(C(F)(F)F)cc4Cl)cc3)C2=O)c(F)c1F. The number of benzene rings is 2. The van der Waals surface area contributed by atoms with E-state index in [9.17, 15) is 35.5 Å². The lowest BCUT2D eigenvalue weighted by Gasteiger charge is -2.19. The highest BCUT2D eigenvalue weighted by molar-refractivity contribution is 7.99. The molecule has 2 aromatic carbocycles. The third kappa shape index (κ3) is 6.08. The zero-order chi connectivity index (χ0) is 30.4. The van der Waals surface area contributed by atoms with Crippen LogP contribution in [0.4, 0.5) is 42.1 Å². The highest BCUT2D eigenvalue weighted by atomic mass is 35.5. The van der Waals surface area contributed by atoms with Gasteiger partial charge in [0.15, 0.2) is 29.3 Å². The molecule has 4 rings (SSSR count). The van der Waals surface area contributed by atoms with Gasteiger partial charge in [-0.1, -0.05) is 44.1 Å². The summed E-state index contributed by atoms with van der Waals surface area (Å²) in [4.78, 5) is 17.5. The fourth-order valence-corrected chi connectivity index (χ4v) is 4.70. The van der Waals surface area contributed by atoms with Crippen molar-refractivity contribution in [2.45, 2.75) is 49.8 Å². The van der Waals surface area contributed by atoms with Crippen molar-refractivity contribution in [3.63, 3.8) is 0 Å². The monoisotopic (exact) mass is 617 g/mol. The largest absolute Gasteiger partial charge is 0.417 e. The maximum atomic E-state index is 14.7. The van der Waals surface area contributed by atoms with Crippen molar-refractivity contribution < 1.29 is 35.5 Å². The Balaban J connectivity index is 1.58. The lowest BCUT2D eigenvalue weighted by atomic mass is 9.86. The Hall–Kier alpha value is -3.52. The molecule has 0 saturated heterocycles. The van der Waals surface area contributed by atoms with Crippen molar-refractivity contribution in [2.24, 2.45) is 20.7 Å². The Morgan fingerprint density at radius 2 is 1.56 bits per heavy atom. The molecule has 6 nitrogen and oxygen atoms in total. The number of carbonyl (C=O) groups is 1. The van der Waals surface area contributed by atoms with Gasteiger partial charge >= 0.3 is 6.18 Å². The number of aromatic nitrogens is 1. The fraction of sp³-hybridized carbons (Fsp3) is 0.269. The number of anilines is 1. The molecular weight excluding hydrogens is 599 g/mol. The van der Waals surface area contributed by atoms with Gasteiger partial charge in [-0.2, -0.15) is 33.5 Å². The molecule has 0 spiro atoms. The van der Waals surface area contributed by atoms with E-state index in [1.165, 1.54) is 12.1 Å². The van der Waals surface area contributed by atoms with Crippen molar-refractivity contribution >= 4 is 46.4 Å². The molecule has 41 heavy (non-hydrogen) atoms. The second-order valence-electron chi connectivity index (χ2n) is 9.84. The molecule has 0 radical (unpaired) electrons. The molecule has 216 valence electrons. The average molecular weight is 618 g/mol. The molecule has 3 aromatic rings. The second-order valence-corrected chi connectivity index (χ2v) is 11.3. The molecule has 2 heterocycles. The van der Waals surface area contributed by atoms with Gasteiger partial charge in [-0.25, -0.2) is 22.5 Å². The van der Waals surface area contributed by atoms with Crippen molar-refractivity contribution in [2.75, 3.05) is 5.01 Å². The number of nitrogens with zero attached hydrogens (tertiary/aromatic N) is 5. The van der Waals surface area contributed by atoms with Crippen LogP contribution in [0, 0.1) is 35.6 Å². The quantitative estimate of drug-likeness (QED) is 0.163. The fourth-order valence-electron chi connectivity index (χ4n) is 3.66. The Bertz CT molecular complexity index is 1560. The highest BCUT2D eigenvalue weighted by Crippen LogP contribution is 2.38. The first-order valence-corrected chi connectivity index (χ1v) is 12.9. The molecule has 0 bridgehead atoms. The van der Waals surface area contributed by atoms with E-state index in [2.05, 4.69) is 20.3 Å². The minimum Gasteiger partial charge on any atom is -0.269 e. The van der Waals surface area contributed by atoms with E-state index in [-0.39, 0.29) is 26.5 Å². The van der Waals surface area contributed by atoms with Crippen LogP contribution in [-0.2, 0) is 11.0 Å². The first kappa shape index (κ1) is 30.4. The van der Waals surface area contributed by atoms with Crippen LogP contribution in [0.15, 0.2) is 61.8 Å². The van der Waals surface area contributed by atoms with E-state index >= 15 is 0 Å². The lowest BCUT2D eigenvalue weighted by Crippen LogP contribution is -2.35. The minimum absolute atomic E-state index is 0.0432. The molecule has 1 aliphatic heterocycles. The number of hydrogen-bond acceptors (Lipinski definition) is 6. The summed E-state index contributed by atoms with van der Waals surface area (Å²) in [6.07, 6.45) is -3.92. The molecule has 0 N–H and O–H groups in total. The maximum absolute atomic E-state index is 14.7. The van der Waals surface area contributed by atoms with Crippen LogP contribution >= 0.6 is 23.4 Å².